The zero-order valence-electron chi connectivity index (χ0n) is 9.54. The molecule has 0 aliphatic heterocycles. The van der Waals surface area contributed by atoms with Crippen molar-refractivity contribution in [2.75, 3.05) is 6.61 Å². The lowest BCUT2D eigenvalue weighted by Gasteiger charge is -2.25. The zero-order chi connectivity index (χ0) is 13.5. The molecule has 0 amide bonds. The summed E-state index contributed by atoms with van der Waals surface area (Å²) in [6.45, 7) is 4.18. The molecule has 96 valence electrons. The van der Waals surface area contributed by atoms with Crippen LogP contribution in [-0.4, -0.2) is 51.1 Å². The molecule has 7 nitrogen and oxygen atoms in total. The molecule has 6 N–H and O–H groups in total. The molecule has 0 saturated carbocycles. The van der Waals surface area contributed by atoms with E-state index in [0.717, 1.165) is 0 Å². The topological polar surface area (TPSA) is 141 Å². The lowest BCUT2D eigenvalue weighted by atomic mass is 9.86. The van der Waals surface area contributed by atoms with Crippen LogP contribution in [0.25, 0.3) is 0 Å². The minimum atomic E-state index is -1.23. The molecule has 0 aromatic carbocycles. The van der Waals surface area contributed by atoms with Gasteiger partial charge < -0.3 is 26.2 Å². The van der Waals surface area contributed by atoms with Gasteiger partial charge in [-0.25, -0.2) is 4.79 Å². The van der Waals surface area contributed by atoms with Crippen molar-refractivity contribution in [3.63, 3.8) is 0 Å². The van der Waals surface area contributed by atoms with Crippen LogP contribution in [0.3, 0.4) is 0 Å². The summed E-state index contributed by atoms with van der Waals surface area (Å²) < 4.78 is 0. The Morgan fingerprint density at radius 1 is 1.25 bits per heavy atom. The lowest BCUT2D eigenvalue weighted by Crippen LogP contribution is -2.45. The first kappa shape index (κ1) is 17.2. The summed E-state index contributed by atoms with van der Waals surface area (Å²) in [5.41, 5.74) is 4.50. The molecule has 0 aliphatic rings. The summed E-state index contributed by atoms with van der Waals surface area (Å²) >= 11 is 0. The highest BCUT2D eigenvalue weighted by atomic mass is 16.4. The number of carbonyl (C=O) groups is 2. The summed E-state index contributed by atoms with van der Waals surface area (Å²) in [6.07, 6.45) is -1.23. The molecule has 0 radical (unpaired) electrons. The van der Waals surface area contributed by atoms with Crippen LogP contribution in [0.2, 0.25) is 0 Å². The number of rotatable bonds is 4. The third-order valence-corrected chi connectivity index (χ3v) is 1.87. The van der Waals surface area contributed by atoms with Crippen molar-refractivity contribution in [3.05, 3.63) is 0 Å². The van der Waals surface area contributed by atoms with E-state index in [4.69, 9.17) is 26.2 Å². The molecule has 0 aromatic heterocycles. The minimum absolute atomic E-state index is 0.222. The number of aliphatic hydroxyl groups is 2. The van der Waals surface area contributed by atoms with Crippen LogP contribution in [0.4, 0.5) is 0 Å². The average Bonchev–Trinajstić information content (AvgIpc) is 2.17. The molecule has 0 aromatic rings. The summed E-state index contributed by atoms with van der Waals surface area (Å²) in [5, 5.41) is 32.9. The number of carboxylic acid groups (broad SMARTS) is 2. The maximum atomic E-state index is 10.3. The smallest absolute Gasteiger partial charge is 0.332 e. The van der Waals surface area contributed by atoms with E-state index in [-0.39, 0.29) is 6.61 Å². The van der Waals surface area contributed by atoms with Crippen molar-refractivity contribution in [2.24, 2.45) is 11.1 Å². The van der Waals surface area contributed by atoms with Gasteiger partial charge in [0.05, 0.1) is 6.61 Å². The average molecular weight is 237 g/mol. The predicted octanol–water partition coefficient (Wildman–Crippen LogP) is -1.13. The van der Waals surface area contributed by atoms with Crippen molar-refractivity contribution in [2.45, 2.75) is 32.9 Å². The maximum Gasteiger partial charge on any atom is 0.332 e. The Morgan fingerprint density at radius 3 is 1.62 bits per heavy atom. The van der Waals surface area contributed by atoms with Crippen molar-refractivity contribution in [1.82, 2.24) is 0 Å². The van der Waals surface area contributed by atoms with Gasteiger partial charge in [0.15, 0.2) is 0 Å². The van der Waals surface area contributed by atoms with E-state index in [2.05, 4.69) is 0 Å². The molecular formula is C9H19NO6. The molecule has 2 atom stereocenters. The van der Waals surface area contributed by atoms with Crippen molar-refractivity contribution < 1.29 is 30.0 Å². The molecule has 0 rings (SSSR count). The minimum Gasteiger partial charge on any atom is -0.480 e. The highest BCUT2D eigenvalue weighted by Gasteiger charge is 2.30. The first-order chi connectivity index (χ1) is 7.06. The predicted molar refractivity (Wildman–Crippen MR) is 55.8 cm³/mol. The Hall–Kier alpha value is -1.18. The molecule has 0 saturated heterocycles. The number of nitrogens with two attached hydrogens (primary N) is 1. The molecule has 0 aliphatic carbocycles. The van der Waals surface area contributed by atoms with Crippen LogP contribution in [0.1, 0.15) is 20.8 Å². The van der Waals surface area contributed by atoms with Crippen LogP contribution < -0.4 is 5.73 Å². The molecule has 0 fully saturated rings. The maximum absolute atomic E-state index is 10.3. The van der Waals surface area contributed by atoms with Gasteiger partial charge in [0.25, 0.3) is 0 Å². The number of aliphatic carboxylic acids is 2. The number of carboxylic acids is 2. The Morgan fingerprint density at radius 2 is 1.56 bits per heavy atom. The first-order valence-corrected chi connectivity index (χ1v) is 4.56. The van der Waals surface area contributed by atoms with Gasteiger partial charge in [0, 0.05) is 5.41 Å². The molecule has 0 heterocycles. The van der Waals surface area contributed by atoms with Crippen molar-refractivity contribution in [3.8, 4) is 0 Å². The summed E-state index contributed by atoms with van der Waals surface area (Å²) in [6, 6.07) is -1.00. The largest absolute Gasteiger partial charge is 0.480 e. The second kappa shape index (κ2) is 7.15. The second-order valence-corrected chi connectivity index (χ2v) is 3.98. The fourth-order valence-corrected chi connectivity index (χ4v) is 0.433. The standard InChI is InChI=1S/C6H13NO3.C3H6O3/c1-6(2,3-8)4(7)5(9)10;1-2(4)3(5)6/h4,8H,3,7H2,1-2H3,(H,9,10);2,4H,1H3,(H,5,6). The molecule has 7 heteroatoms. The summed E-state index contributed by atoms with van der Waals surface area (Å²) in [7, 11) is 0. The Bertz CT molecular complexity index is 238. The summed E-state index contributed by atoms with van der Waals surface area (Å²) in [4.78, 5) is 19.7. The van der Waals surface area contributed by atoms with Gasteiger partial charge in [-0.3, -0.25) is 4.79 Å². The highest BCUT2D eigenvalue weighted by molar-refractivity contribution is 5.74. The van der Waals surface area contributed by atoms with Crippen molar-refractivity contribution in [1.29, 1.82) is 0 Å². The second-order valence-electron chi connectivity index (χ2n) is 3.98. The van der Waals surface area contributed by atoms with E-state index >= 15 is 0 Å². The van der Waals surface area contributed by atoms with E-state index in [9.17, 15) is 9.59 Å². The van der Waals surface area contributed by atoms with E-state index < -0.39 is 29.5 Å². The third-order valence-electron chi connectivity index (χ3n) is 1.87. The van der Waals surface area contributed by atoms with Gasteiger partial charge in [-0.1, -0.05) is 13.8 Å². The number of hydrogen-bond donors (Lipinski definition) is 5. The first-order valence-electron chi connectivity index (χ1n) is 4.56. The van der Waals surface area contributed by atoms with Crippen LogP contribution >= 0.6 is 0 Å². The van der Waals surface area contributed by atoms with Gasteiger partial charge in [0.1, 0.15) is 12.1 Å². The fraction of sp³-hybridized carbons (Fsp3) is 0.778. The third kappa shape index (κ3) is 7.16. The molecule has 0 spiro atoms. The monoisotopic (exact) mass is 237 g/mol. The van der Waals surface area contributed by atoms with E-state index in [1.165, 1.54) is 6.92 Å². The molecule has 0 bridgehead atoms. The summed E-state index contributed by atoms with van der Waals surface area (Å²) in [5.74, 6) is -2.27. The van der Waals surface area contributed by atoms with Crippen LogP contribution in [0, 0.1) is 5.41 Å². The Balaban J connectivity index is 0. The fourth-order valence-electron chi connectivity index (χ4n) is 0.433. The van der Waals surface area contributed by atoms with Gasteiger partial charge in [-0.2, -0.15) is 0 Å². The van der Waals surface area contributed by atoms with E-state index in [1.54, 1.807) is 13.8 Å². The van der Waals surface area contributed by atoms with Gasteiger partial charge in [0.2, 0.25) is 0 Å². The number of aliphatic hydroxyl groups excluding tert-OH is 2. The van der Waals surface area contributed by atoms with E-state index in [1.807, 2.05) is 0 Å². The molecule has 16 heavy (non-hydrogen) atoms. The molecule has 2 unspecified atom stereocenters. The lowest BCUT2D eigenvalue weighted by molar-refractivity contribution is -0.145. The SMILES string of the molecule is CC(C)(CO)C(N)C(=O)O.CC(O)C(=O)O. The normalized spacial score (nSPS) is 14.4. The van der Waals surface area contributed by atoms with Gasteiger partial charge >= 0.3 is 11.9 Å². The van der Waals surface area contributed by atoms with Crippen LogP contribution in [0.15, 0.2) is 0 Å². The highest BCUT2D eigenvalue weighted by Crippen LogP contribution is 2.17. The Labute approximate surface area is 93.5 Å². The Kier molecular flexibility index (Phi) is 7.70. The van der Waals surface area contributed by atoms with Gasteiger partial charge in [-0.05, 0) is 6.92 Å². The zero-order valence-corrected chi connectivity index (χ0v) is 9.54. The van der Waals surface area contributed by atoms with Crippen LogP contribution in [-0.2, 0) is 9.59 Å². The van der Waals surface area contributed by atoms with E-state index in [0.29, 0.717) is 0 Å². The van der Waals surface area contributed by atoms with Crippen molar-refractivity contribution >= 4 is 11.9 Å². The van der Waals surface area contributed by atoms with Gasteiger partial charge in [-0.15, -0.1) is 0 Å². The quantitative estimate of drug-likeness (QED) is 0.416. The molecular weight excluding hydrogens is 218 g/mol. The van der Waals surface area contributed by atoms with Crippen LogP contribution in [0.5, 0.6) is 0 Å². The number of hydrogen-bond acceptors (Lipinski definition) is 5.